The molecule has 2 fully saturated rings. The van der Waals surface area contributed by atoms with Crippen LogP contribution >= 0.6 is 0 Å². The van der Waals surface area contributed by atoms with Crippen molar-refractivity contribution in [2.45, 2.75) is 57.7 Å². The van der Waals surface area contributed by atoms with Crippen LogP contribution in [-0.2, 0) is 11.3 Å². The van der Waals surface area contributed by atoms with Crippen molar-refractivity contribution in [2.24, 2.45) is 5.92 Å². The molecule has 7 heteroatoms. The van der Waals surface area contributed by atoms with Crippen LogP contribution in [0.2, 0.25) is 0 Å². The molecule has 2 heterocycles. The fraction of sp³-hybridized carbons (Fsp3) is 0.571. The van der Waals surface area contributed by atoms with Crippen LogP contribution in [-0.4, -0.2) is 45.2 Å². The maximum atomic E-state index is 12.1. The maximum absolute atomic E-state index is 12.1. The van der Waals surface area contributed by atoms with Crippen LogP contribution in [0.1, 0.15) is 56.5 Å². The Hall–Kier alpha value is -2.25. The van der Waals surface area contributed by atoms with Crippen molar-refractivity contribution in [3.8, 4) is 11.4 Å². The molecule has 1 saturated heterocycles. The van der Waals surface area contributed by atoms with E-state index in [9.17, 15) is 9.90 Å². The Morgan fingerprint density at radius 3 is 2.82 bits per heavy atom. The molecule has 0 bridgehead atoms. The highest BCUT2D eigenvalue weighted by atomic mass is 16.5. The monoisotopic (exact) mass is 384 g/mol. The second-order valence-electron chi connectivity index (χ2n) is 7.99. The van der Waals surface area contributed by atoms with Crippen molar-refractivity contribution in [1.29, 1.82) is 0 Å². The summed E-state index contributed by atoms with van der Waals surface area (Å²) in [5.74, 6) is 0.700. The number of hydrogen-bond donors (Lipinski definition) is 2. The number of aliphatic hydroxyl groups is 1. The van der Waals surface area contributed by atoms with E-state index in [1.165, 1.54) is 24.8 Å². The second kappa shape index (κ2) is 8.41. The van der Waals surface area contributed by atoms with Crippen LogP contribution in [0.5, 0.6) is 0 Å². The first-order chi connectivity index (χ1) is 13.6. The minimum atomic E-state index is -0.818. The molecule has 2 aliphatic rings. The van der Waals surface area contributed by atoms with E-state index in [0.29, 0.717) is 5.82 Å². The van der Waals surface area contributed by atoms with Gasteiger partial charge in [-0.3, -0.25) is 9.69 Å². The number of benzene rings is 1. The predicted octanol–water partition coefficient (Wildman–Crippen LogP) is 2.67. The van der Waals surface area contributed by atoms with Crippen molar-refractivity contribution in [3.63, 3.8) is 0 Å². The fourth-order valence-corrected chi connectivity index (χ4v) is 3.67. The molecule has 1 amide bonds. The largest absolute Gasteiger partial charge is 0.391 e. The number of hydrogen-bond acceptors (Lipinski definition) is 6. The van der Waals surface area contributed by atoms with Crippen molar-refractivity contribution < 1.29 is 14.4 Å². The Morgan fingerprint density at radius 1 is 1.32 bits per heavy atom. The quantitative estimate of drug-likeness (QED) is 0.763. The van der Waals surface area contributed by atoms with Crippen molar-refractivity contribution >= 4 is 5.91 Å². The summed E-state index contributed by atoms with van der Waals surface area (Å²) in [4.78, 5) is 19.0. The molecule has 4 rings (SSSR count). The van der Waals surface area contributed by atoms with Gasteiger partial charge < -0.3 is 14.9 Å². The Balaban J connectivity index is 1.48. The topological polar surface area (TPSA) is 91.5 Å². The summed E-state index contributed by atoms with van der Waals surface area (Å²) in [5.41, 5.74) is 2.10. The minimum Gasteiger partial charge on any atom is -0.391 e. The lowest BCUT2D eigenvalue weighted by atomic mass is 10.1. The zero-order valence-corrected chi connectivity index (χ0v) is 16.3. The summed E-state index contributed by atoms with van der Waals surface area (Å²) in [6.07, 6.45) is 4.84. The molecule has 150 valence electrons. The van der Waals surface area contributed by atoms with E-state index in [1.54, 1.807) is 6.92 Å². The lowest BCUT2D eigenvalue weighted by Crippen LogP contribution is -2.36. The number of carbonyl (C=O) groups is 1. The van der Waals surface area contributed by atoms with Gasteiger partial charge in [0.1, 0.15) is 6.04 Å². The maximum Gasteiger partial charge on any atom is 0.252 e. The van der Waals surface area contributed by atoms with Crippen LogP contribution in [0.25, 0.3) is 11.4 Å². The molecule has 0 unspecified atom stereocenters. The number of aromatic nitrogens is 2. The van der Waals surface area contributed by atoms with E-state index in [1.807, 2.05) is 12.1 Å². The highest BCUT2D eigenvalue weighted by molar-refractivity contribution is 5.81. The van der Waals surface area contributed by atoms with Crippen LogP contribution < -0.4 is 5.32 Å². The number of likely N-dealkylation sites (tertiary alicyclic amines) is 1. The Bertz CT molecular complexity index is 809. The molecule has 2 N–H and O–H groups in total. The summed E-state index contributed by atoms with van der Waals surface area (Å²) in [6, 6.07) is 7.47. The summed E-state index contributed by atoms with van der Waals surface area (Å²) in [5, 5.41) is 17.0. The summed E-state index contributed by atoms with van der Waals surface area (Å²) in [6.45, 7) is 4.83. The number of amides is 1. The van der Waals surface area contributed by atoms with Gasteiger partial charge in [-0.25, -0.2) is 0 Å². The Kier molecular flexibility index (Phi) is 5.73. The van der Waals surface area contributed by atoms with Crippen LogP contribution in [0.15, 0.2) is 28.8 Å². The zero-order valence-electron chi connectivity index (χ0n) is 16.3. The third kappa shape index (κ3) is 4.59. The van der Waals surface area contributed by atoms with E-state index in [0.717, 1.165) is 38.0 Å². The molecule has 1 aliphatic carbocycles. The molecule has 28 heavy (non-hydrogen) atoms. The number of rotatable bonds is 7. The van der Waals surface area contributed by atoms with E-state index in [4.69, 9.17) is 4.52 Å². The molecule has 1 aliphatic heterocycles. The van der Waals surface area contributed by atoms with Gasteiger partial charge >= 0.3 is 0 Å². The van der Waals surface area contributed by atoms with E-state index in [-0.39, 0.29) is 17.7 Å². The molecule has 7 nitrogen and oxygen atoms in total. The molecule has 1 saturated carbocycles. The Morgan fingerprint density at radius 2 is 2.11 bits per heavy atom. The van der Waals surface area contributed by atoms with Crippen LogP contribution in [0.4, 0.5) is 0 Å². The van der Waals surface area contributed by atoms with Gasteiger partial charge in [0.05, 0.1) is 6.10 Å². The third-order valence-electron chi connectivity index (χ3n) is 5.48. The van der Waals surface area contributed by atoms with Gasteiger partial charge in [0.2, 0.25) is 11.7 Å². The number of piperidine rings is 1. The minimum absolute atomic E-state index is 0.0510. The zero-order chi connectivity index (χ0) is 19.5. The van der Waals surface area contributed by atoms with Gasteiger partial charge in [-0.15, -0.1) is 0 Å². The highest BCUT2D eigenvalue weighted by Crippen LogP contribution is 2.30. The molecule has 0 radical (unpaired) electrons. The second-order valence-corrected chi connectivity index (χ2v) is 7.99. The van der Waals surface area contributed by atoms with Gasteiger partial charge in [-0.1, -0.05) is 29.8 Å². The van der Waals surface area contributed by atoms with E-state index in [2.05, 4.69) is 32.5 Å². The molecule has 1 aromatic heterocycles. The molecule has 2 atom stereocenters. The Labute approximate surface area is 165 Å². The normalized spacial score (nSPS) is 19.9. The van der Waals surface area contributed by atoms with Gasteiger partial charge in [-0.05, 0) is 57.3 Å². The third-order valence-corrected chi connectivity index (χ3v) is 5.48. The first-order valence-corrected chi connectivity index (χ1v) is 10.2. The predicted molar refractivity (Wildman–Crippen MR) is 104 cm³/mol. The molecule has 2 aromatic rings. The van der Waals surface area contributed by atoms with Crippen LogP contribution in [0, 0.1) is 5.92 Å². The van der Waals surface area contributed by atoms with Crippen molar-refractivity contribution in [2.75, 3.05) is 13.1 Å². The standard InChI is InChI=1S/C21H28N4O3/c1-14(26)18(22-20(27)16-8-9-16)21-23-19(24-28-21)17-7-5-6-15(12-17)13-25-10-3-2-4-11-25/h5-7,12,14,16,18,26H,2-4,8-11,13H2,1H3,(H,22,27)/t14-,18-/m0/s1. The number of nitrogens with one attached hydrogen (secondary N) is 1. The molecule has 1 aromatic carbocycles. The fourth-order valence-electron chi connectivity index (χ4n) is 3.67. The van der Waals surface area contributed by atoms with Gasteiger partial charge in [0.25, 0.3) is 5.89 Å². The number of aliphatic hydroxyl groups excluding tert-OH is 1. The van der Waals surface area contributed by atoms with Gasteiger partial charge in [0, 0.05) is 18.0 Å². The van der Waals surface area contributed by atoms with Gasteiger partial charge in [-0.2, -0.15) is 4.98 Å². The lowest BCUT2D eigenvalue weighted by Gasteiger charge is -2.26. The average molecular weight is 384 g/mol. The lowest BCUT2D eigenvalue weighted by molar-refractivity contribution is -0.124. The SMILES string of the molecule is C[C@H](O)[C@H](NC(=O)C1CC1)c1nc(-c2cccc(CN3CCCCC3)c2)no1. The molecular weight excluding hydrogens is 356 g/mol. The summed E-state index contributed by atoms with van der Waals surface area (Å²) in [7, 11) is 0. The molecular formula is C21H28N4O3. The smallest absolute Gasteiger partial charge is 0.252 e. The van der Waals surface area contributed by atoms with E-state index < -0.39 is 12.1 Å². The van der Waals surface area contributed by atoms with Crippen molar-refractivity contribution in [3.05, 3.63) is 35.7 Å². The van der Waals surface area contributed by atoms with Gasteiger partial charge in [0.15, 0.2) is 0 Å². The van der Waals surface area contributed by atoms with E-state index >= 15 is 0 Å². The number of nitrogens with zero attached hydrogens (tertiary/aromatic N) is 3. The molecule has 0 spiro atoms. The van der Waals surface area contributed by atoms with Crippen molar-refractivity contribution in [1.82, 2.24) is 20.4 Å². The highest BCUT2D eigenvalue weighted by Gasteiger charge is 2.34. The number of carbonyl (C=O) groups excluding carboxylic acids is 1. The summed E-state index contributed by atoms with van der Waals surface area (Å²) >= 11 is 0. The first-order valence-electron chi connectivity index (χ1n) is 10.2. The van der Waals surface area contributed by atoms with Crippen LogP contribution in [0.3, 0.4) is 0 Å². The first kappa shape index (κ1) is 19.1. The summed E-state index contributed by atoms with van der Waals surface area (Å²) < 4.78 is 5.39. The average Bonchev–Trinajstić information content (AvgIpc) is 3.44.